The molecule has 2 aromatic heterocycles. The molecule has 1 aliphatic carbocycles. The molecule has 2 aromatic rings. The Hall–Kier alpha value is -2.71. The van der Waals surface area contributed by atoms with Crippen molar-refractivity contribution in [3.63, 3.8) is 0 Å². The molecule has 27 heavy (non-hydrogen) atoms. The fourth-order valence-corrected chi connectivity index (χ4v) is 4.45. The average Bonchev–Trinajstić information content (AvgIpc) is 3.00. The van der Waals surface area contributed by atoms with Crippen molar-refractivity contribution in [2.75, 3.05) is 26.2 Å². The van der Waals surface area contributed by atoms with Crippen LogP contribution in [0.4, 0.5) is 0 Å². The molecule has 1 saturated carbocycles. The minimum Gasteiger partial charge on any atom is -0.341 e. The highest BCUT2D eigenvalue weighted by Gasteiger charge is 2.59. The molecule has 2 amide bonds. The van der Waals surface area contributed by atoms with Gasteiger partial charge in [-0.2, -0.15) is 10.1 Å². The summed E-state index contributed by atoms with van der Waals surface area (Å²) in [4.78, 5) is 33.7. The van der Waals surface area contributed by atoms with E-state index >= 15 is 0 Å². The molecular weight excluding hydrogens is 348 g/mol. The molecule has 0 N–H and O–H groups in total. The van der Waals surface area contributed by atoms with Crippen LogP contribution in [-0.2, 0) is 21.5 Å². The summed E-state index contributed by atoms with van der Waals surface area (Å²) in [6.45, 7) is 4.27. The molecule has 0 spiro atoms. The minimum absolute atomic E-state index is 0.0174. The first-order valence-corrected chi connectivity index (χ1v) is 9.40. The third kappa shape index (κ3) is 2.72. The molecule has 3 fully saturated rings. The van der Waals surface area contributed by atoms with Gasteiger partial charge in [-0.3, -0.25) is 14.3 Å². The number of amides is 2. The van der Waals surface area contributed by atoms with Gasteiger partial charge in [0.15, 0.2) is 5.82 Å². The summed E-state index contributed by atoms with van der Waals surface area (Å²) in [6, 6.07) is 1.80. The molecule has 3 aliphatic rings. The van der Waals surface area contributed by atoms with E-state index in [4.69, 9.17) is 4.52 Å². The zero-order valence-electron chi connectivity index (χ0n) is 15.2. The number of nitrogens with zero attached hydrogens (tertiary/aromatic N) is 6. The lowest BCUT2D eigenvalue weighted by molar-refractivity contribution is -0.132. The maximum absolute atomic E-state index is 12.8. The first-order chi connectivity index (χ1) is 13.0. The van der Waals surface area contributed by atoms with Gasteiger partial charge in [0, 0.05) is 50.4 Å². The van der Waals surface area contributed by atoms with Gasteiger partial charge in [0.1, 0.15) is 6.54 Å². The zero-order chi connectivity index (χ0) is 18.6. The van der Waals surface area contributed by atoms with Crippen LogP contribution in [0.15, 0.2) is 23.0 Å². The Morgan fingerprint density at radius 2 is 2.04 bits per heavy atom. The second-order valence-electron chi connectivity index (χ2n) is 7.97. The van der Waals surface area contributed by atoms with Crippen molar-refractivity contribution in [3.8, 4) is 0 Å². The van der Waals surface area contributed by atoms with Crippen molar-refractivity contribution in [1.82, 2.24) is 29.7 Å². The van der Waals surface area contributed by atoms with Gasteiger partial charge in [0.25, 0.3) is 0 Å². The number of hydrogen-bond acceptors (Lipinski definition) is 6. The molecule has 2 saturated heterocycles. The predicted octanol–water partition coefficient (Wildman–Crippen LogP) is 0.223. The molecule has 0 unspecified atom stereocenters. The van der Waals surface area contributed by atoms with Crippen LogP contribution in [-0.4, -0.2) is 67.7 Å². The number of hydrogen-bond donors (Lipinski definition) is 0. The number of aromatic nitrogens is 4. The Labute approximate surface area is 156 Å². The summed E-state index contributed by atoms with van der Waals surface area (Å²) in [5.74, 6) is 1.67. The van der Waals surface area contributed by atoms with Gasteiger partial charge in [0.2, 0.25) is 17.7 Å². The van der Waals surface area contributed by atoms with E-state index in [0.29, 0.717) is 37.9 Å². The summed E-state index contributed by atoms with van der Waals surface area (Å²) in [5.41, 5.74) is -0.467. The first kappa shape index (κ1) is 16.5. The van der Waals surface area contributed by atoms with Crippen LogP contribution >= 0.6 is 0 Å². The van der Waals surface area contributed by atoms with E-state index in [-0.39, 0.29) is 30.2 Å². The molecule has 2 atom stereocenters. The maximum atomic E-state index is 12.8. The number of fused-ring (bicyclic) bond motifs is 1. The van der Waals surface area contributed by atoms with E-state index in [2.05, 4.69) is 15.2 Å². The third-order valence-electron chi connectivity index (χ3n) is 6.01. The van der Waals surface area contributed by atoms with Crippen molar-refractivity contribution < 1.29 is 14.1 Å². The van der Waals surface area contributed by atoms with Crippen LogP contribution in [0.25, 0.3) is 0 Å². The standard InChI is InChI=1S/C18H22N6O3/c1-12-20-17(27-21-12)18-10-22(15(25)9-24-6-2-5-19-24)7-14(18)8-23(11-18)16(26)13-3-4-13/h2,5-6,13-14H,3-4,7-11H2,1H3/t14-,18-/m0/s1. The Morgan fingerprint density at radius 1 is 1.26 bits per heavy atom. The number of rotatable bonds is 4. The van der Waals surface area contributed by atoms with Crippen molar-refractivity contribution in [1.29, 1.82) is 0 Å². The maximum Gasteiger partial charge on any atom is 0.244 e. The molecular formula is C18H22N6O3. The van der Waals surface area contributed by atoms with Crippen molar-refractivity contribution in [2.45, 2.75) is 31.7 Å². The normalized spacial score (nSPS) is 27.2. The van der Waals surface area contributed by atoms with E-state index in [1.165, 1.54) is 0 Å². The highest BCUT2D eigenvalue weighted by atomic mass is 16.5. The fraction of sp³-hybridized carbons (Fsp3) is 0.611. The topological polar surface area (TPSA) is 97.4 Å². The van der Waals surface area contributed by atoms with Crippen LogP contribution in [0, 0.1) is 18.8 Å². The first-order valence-electron chi connectivity index (χ1n) is 9.40. The molecule has 0 radical (unpaired) electrons. The Morgan fingerprint density at radius 3 is 2.70 bits per heavy atom. The second kappa shape index (κ2) is 5.90. The molecule has 9 heteroatoms. The number of carbonyl (C=O) groups excluding carboxylic acids is 2. The Balaban J connectivity index is 1.39. The smallest absolute Gasteiger partial charge is 0.244 e. The number of likely N-dealkylation sites (tertiary alicyclic amines) is 2. The molecule has 5 rings (SSSR count). The fourth-order valence-electron chi connectivity index (χ4n) is 4.45. The van der Waals surface area contributed by atoms with E-state index in [1.807, 2.05) is 9.80 Å². The lowest BCUT2D eigenvalue weighted by atomic mass is 9.81. The van der Waals surface area contributed by atoms with Crippen LogP contribution in [0.3, 0.4) is 0 Å². The van der Waals surface area contributed by atoms with Gasteiger partial charge in [-0.1, -0.05) is 5.16 Å². The van der Waals surface area contributed by atoms with Crippen molar-refractivity contribution in [2.24, 2.45) is 11.8 Å². The van der Waals surface area contributed by atoms with E-state index in [9.17, 15) is 9.59 Å². The van der Waals surface area contributed by atoms with Crippen molar-refractivity contribution >= 4 is 11.8 Å². The SMILES string of the molecule is Cc1noc([C@]23CN(C(=O)Cn4cccn4)C[C@H]2CN(C(=O)C2CC2)C3)n1. The van der Waals surface area contributed by atoms with Gasteiger partial charge in [-0.05, 0) is 25.8 Å². The average molecular weight is 370 g/mol. The predicted molar refractivity (Wildman–Crippen MR) is 92.3 cm³/mol. The number of carbonyl (C=O) groups is 2. The largest absolute Gasteiger partial charge is 0.341 e. The molecule has 0 bridgehead atoms. The van der Waals surface area contributed by atoms with E-state index in [1.54, 1.807) is 30.1 Å². The second-order valence-corrected chi connectivity index (χ2v) is 7.97. The molecule has 142 valence electrons. The Kier molecular flexibility index (Phi) is 3.60. The minimum atomic E-state index is -0.467. The summed E-state index contributed by atoms with van der Waals surface area (Å²) in [5, 5.41) is 8.07. The summed E-state index contributed by atoms with van der Waals surface area (Å²) >= 11 is 0. The van der Waals surface area contributed by atoms with E-state index < -0.39 is 5.41 Å². The lowest BCUT2D eigenvalue weighted by Gasteiger charge is -2.26. The highest BCUT2D eigenvalue weighted by molar-refractivity contribution is 5.82. The van der Waals surface area contributed by atoms with Crippen LogP contribution in [0.1, 0.15) is 24.6 Å². The third-order valence-corrected chi connectivity index (χ3v) is 6.01. The zero-order valence-corrected chi connectivity index (χ0v) is 15.2. The molecule has 0 aromatic carbocycles. The summed E-state index contributed by atoms with van der Waals surface area (Å²) < 4.78 is 7.16. The van der Waals surface area contributed by atoms with Gasteiger partial charge in [-0.15, -0.1) is 0 Å². The van der Waals surface area contributed by atoms with Gasteiger partial charge in [0.05, 0.1) is 5.41 Å². The van der Waals surface area contributed by atoms with E-state index in [0.717, 1.165) is 12.8 Å². The summed E-state index contributed by atoms with van der Waals surface area (Å²) in [6.07, 6.45) is 5.42. The van der Waals surface area contributed by atoms with Crippen LogP contribution in [0.5, 0.6) is 0 Å². The lowest BCUT2D eigenvalue weighted by Crippen LogP contribution is -2.42. The van der Waals surface area contributed by atoms with Crippen molar-refractivity contribution in [3.05, 3.63) is 30.2 Å². The molecule has 9 nitrogen and oxygen atoms in total. The van der Waals surface area contributed by atoms with Gasteiger partial charge in [-0.25, -0.2) is 0 Å². The van der Waals surface area contributed by atoms with Crippen LogP contribution < -0.4 is 0 Å². The monoisotopic (exact) mass is 370 g/mol. The molecule has 4 heterocycles. The summed E-state index contributed by atoms with van der Waals surface area (Å²) in [7, 11) is 0. The quantitative estimate of drug-likeness (QED) is 0.764. The molecule has 2 aliphatic heterocycles. The Bertz CT molecular complexity index is 874. The van der Waals surface area contributed by atoms with Crippen LogP contribution in [0.2, 0.25) is 0 Å². The van der Waals surface area contributed by atoms with Gasteiger partial charge >= 0.3 is 0 Å². The number of aryl methyl sites for hydroxylation is 1. The van der Waals surface area contributed by atoms with Gasteiger partial charge < -0.3 is 14.3 Å². The highest BCUT2D eigenvalue weighted by Crippen LogP contribution is 2.46.